The van der Waals surface area contributed by atoms with Crippen molar-refractivity contribution in [3.63, 3.8) is 0 Å². The van der Waals surface area contributed by atoms with Gasteiger partial charge in [-0.3, -0.25) is 29.2 Å². The number of fused-ring (bicyclic) bond motifs is 7. The molecular weight excluding hydrogens is 799 g/mol. The van der Waals surface area contributed by atoms with Crippen molar-refractivity contribution >= 4 is 34.6 Å². The van der Waals surface area contributed by atoms with E-state index in [0.29, 0.717) is 37.9 Å². The number of carbonyl (C=O) groups excluding carboxylic acids is 4. The summed E-state index contributed by atoms with van der Waals surface area (Å²) >= 11 is 0. The number of methoxy groups -OCH3 is 1. The van der Waals surface area contributed by atoms with Crippen molar-refractivity contribution in [2.24, 2.45) is 29.1 Å². The normalized spacial score (nSPS) is 24.3. The maximum Gasteiger partial charge on any atom is 0.324 e. The van der Waals surface area contributed by atoms with Gasteiger partial charge in [-0.1, -0.05) is 39.8 Å². The second kappa shape index (κ2) is 17.7. The van der Waals surface area contributed by atoms with Gasteiger partial charge < -0.3 is 34.7 Å². The van der Waals surface area contributed by atoms with Crippen LogP contribution in [0.4, 0.5) is 0 Å². The van der Waals surface area contributed by atoms with Crippen LogP contribution in [0.15, 0.2) is 54.7 Å². The first-order valence-corrected chi connectivity index (χ1v) is 22.6. The third-order valence-electron chi connectivity index (χ3n) is 13.7. The highest BCUT2D eigenvalue weighted by Crippen LogP contribution is 2.50. The first kappa shape index (κ1) is 44.3. The molecule has 3 aliphatic heterocycles. The number of nitrogens with one attached hydrogen (secondary N) is 3. The molecule has 2 aromatic carbocycles. The number of hydrogen-bond acceptors (Lipinski definition) is 10. The van der Waals surface area contributed by atoms with E-state index in [9.17, 15) is 24.3 Å². The average molecular weight is 862 g/mol. The molecule has 1 aliphatic carbocycles. The number of benzene rings is 2. The Morgan fingerprint density at radius 3 is 2.56 bits per heavy atom. The number of ether oxygens (including phenoxy) is 2. The molecule has 14 nitrogen and oxygen atoms in total. The van der Waals surface area contributed by atoms with Crippen molar-refractivity contribution in [2.75, 3.05) is 40.4 Å². The van der Waals surface area contributed by atoms with E-state index in [1.807, 2.05) is 39.0 Å². The van der Waals surface area contributed by atoms with Crippen molar-refractivity contribution in [1.29, 1.82) is 0 Å². The van der Waals surface area contributed by atoms with Crippen LogP contribution in [-0.2, 0) is 48.0 Å². The van der Waals surface area contributed by atoms with Crippen LogP contribution in [0.25, 0.3) is 33.3 Å². The molecule has 3 fully saturated rings. The lowest BCUT2D eigenvalue weighted by Gasteiger charge is -2.37. The molecule has 2 saturated heterocycles. The minimum Gasteiger partial charge on any atom is -0.508 e. The Morgan fingerprint density at radius 2 is 1.84 bits per heavy atom. The van der Waals surface area contributed by atoms with Gasteiger partial charge in [-0.2, -0.15) is 0 Å². The predicted octanol–water partition coefficient (Wildman–Crippen LogP) is 5.40. The summed E-state index contributed by atoms with van der Waals surface area (Å²) < 4.78 is 14.2. The Labute approximate surface area is 370 Å². The van der Waals surface area contributed by atoms with E-state index >= 15 is 0 Å². The molecule has 1 saturated carbocycles. The Hall–Kier alpha value is -5.31. The lowest BCUT2D eigenvalue weighted by Crippen LogP contribution is -2.62. The number of nitrogens with zero attached hydrogens (tertiary/aromatic N) is 4. The molecule has 5 heterocycles. The number of aromatic hydroxyl groups is 1. The third kappa shape index (κ3) is 8.69. The quantitative estimate of drug-likeness (QED) is 0.160. The number of aryl methyl sites for hydroxylation is 1. The first-order valence-electron chi connectivity index (χ1n) is 22.6. The molecule has 0 spiro atoms. The van der Waals surface area contributed by atoms with Crippen molar-refractivity contribution in [3.8, 4) is 28.1 Å². The van der Waals surface area contributed by atoms with Crippen LogP contribution in [0.1, 0.15) is 77.3 Å². The number of pyridine rings is 1. The standard InChI is InChI=1S/C49H63N7O7/c1-9-55-40-15-14-30-22-34(40)35(44(55)33-12-10-16-51-42(33)28(4)62-8)23-49(5,6)26-63-48(61)38-13-11-17-56(53-38)46(59)39(20-29-18-31(30)21-32(57)19-29)52-45(58)43(27(2)3)54(7)47(60)41-36-24-50-25-37(36)41/h10,12,14-16,18-19,21-22,27-28,36-39,41,43,50,53,57H,9,11,13,17,20,23-26H2,1-8H3,(H,52,58)/t28-,36-,37+,38-,39-,41?,43-/m0/s1. The Balaban J connectivity index is 1.22. The largest absolute Gasteiger partial charge is 0.508 e. The Morgan fingerprint density at radius 1 is 1.08 bits per heavy atom. The van der Waals surface area contributed by atoms with Gasteiger partial charge in [0.05, 0.1) is 24.1 Å². The molecule has 0 radical (unpaired) electrons. The van der Waals surface area contributed by atoms with E-state index in [1.54, 1.807) is 37.4 Å². The fourth-order valence-electron chi connectivity index (χ4n) is 10.4. The minimum absolute atomic E-state index is 0.0185. The number of likely N-dealkylation sites (N-methyl/N-ethyl adjacent to an activating group) is 1. The van der Waals surface area contributed by atoms with Gasteiger partial charge in [-0.15, -0.1) is 0 Å². The Bertz CT molecular complexity index is 2400. The minimum atomic E-state index is -1.10. The number of esters is 1. The van der Waals surface area contributed by atoms with E-state index < -0.39 is 41.3 Å². The van der Waals surface area contributed by atoms with Gasteiger partial charge in [-0.05, 0) is 123 Å². The predicted molar refractivity (Wildman–Crippen MR) is 240 cm³/mol. The molecule has 4 N–H and O–H groups in total. The number of aromatic nitrogens is 2. The van der Waals surface area contributed by atoms with Gasteiger partial charge in [-0.25, -0.2) is 5.43 Å². The van der Waals surface area contributed by atoms with Crippen molar-refractivity contribution in [2.45, 2.75) is 98.0 Å². The van der Waals surface area contributed by atoms with Gasteiger partial charge in [0.25, 0.3) is 5.91 Å². The number of rotatable bonds is 9. The average Bonchev–Trinajstić information content (AvgIpc) is 3.57. The fraction of sp³-hybridized carbons (Fsp3) is 0.531. The van der Waals surface area contributed by atoms with E-state index in [2.05, 4.69) is 59.6 Å². The number of hydrazine groups is 1. The SMILES string of the molecule is CCn1c(-c2cccnc2[C@H](C)OC)c2c3cc(ccc31)-c1cc(O)cc(c1)C[C@H](NC(=O)[C@H](C(C)C)N(C)C(=O)C1[C@H]3CNC[C@@H]13)C(=O)N1CCC[C@H](N1)C(=O)OCC(C)(C)C2. The van der Waals surface area contributed by atoms with Gasteiger partial charge >= 0.3 is 5.97 Å². The summed E-state index contributed by atoms with van der Waals surface area (Å²) in [6.07, 6.45) is 3.12. The molecule has 63 heavy (non-hydrogen) atoms. The monoisotopic (exact) mass is 861 g/mol. The zero-order chi connectivity index (χ0) is 44.9. The van der Waals surface area contributed by atoms with Crippen molar-refractivity contribution < 1.29 is 33.8 Å². The second-order valence-electron chi connectivity index (χ2n) is 19.2. The van der Waals surface area contributed by atoms with Crippen LogP contribution < -0.4 is 16.1 Å². The summed E-state index contributed by atoms with van der Waals surface area (Å²) in [4.78, 5) is 63.1. The topological polar surface area (TPSA) is 167 Å². The summed E-state index contributed by atoms with van der Waals surface area (Å²) in [5.74, 6) is -1.14. The zero-order valence-corrected chi connectivity index (χ0v) is 37.9. The lowest BCUT2D eigenvalue weighted by atomic mass is 9.84. The van der Waals surface area contributed by atoms with E-state index in [-0.39, 0.29) is 54.5 Å². The highest BCUT2D eigenvalue weighted by atomic mass is 16.5. The van der Waals surface area contributed by atoms with Crippen LogP contribution in [0.5, 0.6) is 5.75 Å². The number of phenols is 1. The fourth-order valence-corrected chi connectivity index (χ4v) is 10.4. The van der Waals surface area contributed by atoms with Crippen LogP contribution in [0.2, 0.25) is 0 Å². The van der Waals surface area contributed by atoms with Gasteiger partial charge in [0, 0.05) is 67.7 Å². The van der Waals surface area contributed by atoms with Gasteiger partial charge in [0.15, 0.2) is 0 Å². The molecule has 4 aromatic rings. The van der Waals surface area contributed by atoms with Crippen LogP contribution in [0.3, 0.4) is 0 Å². The van der Waals surface area contributed by atoms with Crippen LogP contribution in [-0.4, -0.2) is 107 Å². The highest BCUT2D eigenvalue weighted by molar-refractivity contribution is 5.96. The summed E-state index contributed by atoms with van der Waals surface area (Å²) in [6.45, 7) is 14.8. The van der Waals surface area contributed by atoms with Crippen molar-refractivity contribution in [1.82, 2.24) is 35.5 Å². The first-order chi connectivity index (χ1) is 30.1. The summed E-state index contributed by atoms with van der Waals surface area (Å²) in [7, 11) is 3.36. The Kier molecular flexibility index (Phi) is 12.4. The van der Waals surface area contributed by atoms with E-state index in [0.717, 1.165) is 57.6 Å². The highest BCUT2D eigenvalue weighted by Gasteiger charge is 2.58. The molecule has 3 amide bonds. The summed E-state index contributed by atoms with van der Waals surface area (Å²) in [6, 6.07) is 12.9. The second-order valence-corrected chi connectivity index (χ2v) is 19.2. The van der Waals surface area contributed by atoms with Crippen LogP contribution in [0, 0.1) is 29.1 Å². The molecule has 6 bridgehead atoms. The summed E-state index contributed by atoms with van der Waals surface area (Å²) in [5.41, 5.74) is 9.76. The number of amides is 3. The number of piperidine rings is 1. The maximum absolute atomic E-state index is 14.7. The number of hydrogen-bond donors (Lipinski definition) is 4. The third-order valence-corrected chi connectivity index (χ3v) is 13.7. The maximum atomic E-state index is 14.7. The lowest BCUT2D eigenvalue weighted by molar-refractivity contribution is -0.155. The van der Waals surface area contributed by atoms with Gasteiger partial charge in [0.2, 0.25) is 11.8 Å². The summed E-state index contributed by atoms with van der Waals surface area (Å²) in [5, 5.41) is 20.1. The molecule has 1 unspecified atom stereocenters. The zero-order valence-electron chi connectivity index (χ0n) is 37.9. The smallest absolute Gasteiger partial charge is 0.324 e. The number of phenolic OH excluding ortho intramolecular Hbond substituents is 1. The van der Waals surface area contributed by atoms with E-state index in [1.165, 1.54) is 5.01 Å². The molecule has 2 aromatic heterocycles. The van der Waals surface area contributed by atoms with Gasteiger partial charge in [0.1, 0.15) is 23.9 Å². The molecule has 7 atom stereocenters. The number of carbonyl (C=O) groups is 4. The molecule has 14 heteroatoms. The molecular formula is C49H63N7O7. The van der Waals surface area contributed by atoms with Crippen molar-refractivity contribution in [3.05, 3.63) is 71.5 Å². The molecule has 8 rings (SSSR count). The van der Waals surface area contributed by atoms with E-state index in [4.69, 9.17) is 14.5 Å². The molecule has 336 valence electrons. The van der Waals surface area contributed by atoms with Crippen LogP contribution >= 0.6 is 0 Å². The number of cyclic esters (lactones) is 1. The molecule has 4 aliphatic rings.